The van der Waals surface area contributed by atoms with E-state index in [1.165, 1.54) is 6.92 Å². The summed E-state index contributed by atoms with van der Waals surface area (Å²) >= 11 is 0. The number of carboxylic acids is 1. The first-order valence-electron chi connectivity index (χ1n) is 4.43. The summed E-state index contributed by atoms with van der Waals surface area (Å²) in [5, 5.41) is 17.6. The molecule has 0 bridgehead atoms. The quantitative estimate of drug-likeness (QED) is 0.725. The normalized spacial score (nSPS) is 14.5. The van der Waals surface area contributed by atoms with Gasteiger partial charge in [0.25, 0.3) is 0 Å². The van der Waals surface area contributed by atoms with Gasteiger partial charge in [0.05, 0.1) is 0 Å². The van der Waals surface area contributed by atoms with E-state index in [0.29, 0.717) is 0 Å². The van der Waals surface area contributed by atoms with Crippen molar-refractivity contribution in [3.8, 4) is 5.75 Å². The van der Waals surface area contributed by atoms with Crippen LogP contribution in [0.1, 0.15) is 12.5 Å². The van der Waals surface area contributed by atoms with Crippen molar-refractivity contribution in [2.75, 3.05) is 0 Å². The fourth-order valence-corrected chi connectivity index (χ4v) is 1.22. The first-order chi connectivity index (χ1) is 7.24. The van der Waals surface area contributed by atoms with Crippen LogP contribution in [0.15, 0.2) is 12.1 Å². The lowest BCUT2D eigenvalue weighted by atomic mass is 9.94. The summed E-state index contributed by atoms with van der Waals surface area (Å²) in [6.45, 7) is 1.23. The van der Waals surface area contributed by atoms with E-state index < -0.39 is 28.9 Å². The number of halogens is 2. The fraction of sp³-hybridized carbons (Fsp3) is 0.300. The van der Waals surface area contributed by atoms with Gasteiger partial charge in [-0.2, -0.15) is 0 Å². The number of phenols is 1. The van der Waals surface area contributed by atoms with Crippen molar-refractivity contribution in [3.63, 3.8) is 0 Å². The van der Waals surface area contributed by atoms with E-state index in [1.807, 2.05) is 0 Å². The van der Waals surface area contributed by atoms with Crippen LogP contribution in [0.3, 0.4) is 0 Å². The third-order valence-corrected chi connectivity index (χ3v) is 2.14. The Balaban J connectivity index is 3.04. The Morgan fingerprint density at radius 2 is 1.88 bits per heavy atom. The second kappa shape index (κ2) is 4.05. The SMILES string of the molecule is C[C@](N)(Cc1cc(F)c(O)c(F)c1)C(=O)O. The van der Waals surface area contributed by atoms with Crippen LogP contribution in [0, 0.1) is 11.6 Å². The zero-order chi connectivity index (χ0) is 12.5. The highest BCUT2D eigenvalue weighted by molar-refractivity contribution is 5.78. The number of hydrogen-bond donors (Lipinski definition) is 3. The fourth-order valence-electron chi connectivity index (χ4n) is 1.22. The number of hydrogen-bond acceptors (Lipinski definition) is 3. The molecule has 1 rings (SSSR count). The van der Waals surface area contributed by atoms with Crippen LogP contribution in [-0.2, 0) is 11.2 Å². The lowest BCUT2D eigenvalue weighted by molar-refractivity contribution is -0.142. The highest BCUT2D eigenvalue weighted by atomic mass is 19.1. The maximum Gasteiger partial charge on any atom is 0.323 e. The van der Waals surface area contributed by atoms with Gasteiger partial charge in [0.2, 0.25) is 0 Å². The van der Waals surface area contributed by atoms with Gasteiger partial charge in [0.1, 0.15) is 5.54 Å². The number of rotatable bonds is 3. The second-order valence-corrected chi connectivity index (χ2v) is 3.81. The number of aliphatic carboxylic acids is 1. The van der Waals surface area contributed by atoms with Crippen LogP contribution < -0.4 is 5.73 Å². The summed E-state index contributed by atoms with van der Waals surface area (Å²) in [6.07, 6.45) is -0.240. The van der Waals surface area contributed by atoms with E-state index >= 15 is 0 Å². The molecule has 0 spiro atoms. The second-order valence-electron chi connectivity index (χ2n) is 3.81. The summed E-state index contributed by atoms with van der Waals surface area (Å²) in [5.41, 5.74) is 3.88. The average molecular weight is 231 g/mol. The van der Waals surface area contributed by atoms with E-state index in [-0.39, 0.29) is 12.0 Å². The molecular weight excluding hydrogens is 220 g/mol. The van der Waals surface area contributed by atoms with Crippen LogP contribution in [0.4, 0.5) is 8.78 Å². The van der Waals surface area contributed by atoms with Crippen molar-refractivity contribution < 1.29 is 23.8 Å². The van der Waals surface area contributed by atoms with Gasteiger partial charge in [-0.3, -0.25) is 4.79 Å². The predicted octanol–water partition coefficient (Wildman–Crippen LogP) is 1.01. The van der Waals surface area contributed by atoms with Crippen molar-refractivity contribution in [3.05, 3.63) is 29.3 Å². The predicted molar refractivity (Wildman–Crippen MR) is 52.0 cm³/mol. The van der Waals surface area contributed by atoms with Crippen LogP contribution in [0.2, 0.25) is 0 Å². The summed E-state index contributed by atoms with van der Waals surface area (Å²) in [6, 6.07) is 1.71. The van der Waals surface area contributed by atoms with E-state index in [4.69, 9.17) is 15.9 Å². The van der Waals surface area contributed by atoms with Crippen molar-refractivity contribution in [2.24, 2.45) is 5.73 Å². The number of carboxylic acid groups (broad SMARTS) is 1. The molecule has 0 saturated heterocycles. The van der Waals surface area contributed by atoms with Gasteiger partial charge in [-0.15, -0.1) is 0 Å². The molecule has 0 aromatic heterocycles. The molecule has 16 heavy (non-hydrogen) atoms. The molecule has 1 aromatic carbocycles. The molecule has 4 N–H and O–H groups in total. The highest BCUT2D eigenvalue weighted by Crippen LogP contribution is 2.23. The van der Waals surface area contributed by atoms with Gasteiger partial charge in [-0.05, 0) is 24.6 Å². The number of phenolic OH excluding ortho intramolecular Hbond substituents is 1. The Morgan fingerprint density at radius 3 is 2.25 bits per heavy atom. The monoisotopic (exact) mass is 231 g/mol. The molecule has 0 radical (unpaired) electrons. The van der Waals surface area contributed by atoms with Crippen molar-refractivity contribution >= 4 is 5.97 Å². The van der Waals surface area contributed by atoms with Crippen LogP contribution in [-0.4, -0.2) is 21.7 Å². The zero-order valence-electron chi connectivity index (χ0n) is 8.50. The molecule has 1 atom stereocenters. The average Bonchev–Trinajstić information content (AvgIpc) is 2.13. The minimum atomic E-state index is -1.62. The van der Waals surface area contributed by atoms with E-state index in [1.54, 1.807) is 0 Å². The maximum absolute atomic E-state index is 12.9. The lowest BCUT2D eigenvalue weighted by Crippen LogP contribution is -2.46. The largest absolute Gasteiger partial charge is 0.503 e. The minimum Gasteiger partial charge on any atom is -0.503 e. The molecule has 0 saturated carbocycles. The van der Waals surface area contributed by atoms with Crippen molar-refractivity contribution in [1.29, 1.82) is 0 Å². The van der Waals surface area contributed by atoms with Crippen LogP contribution >= 0.6 is 0 Å². The molecule has 0 amide bonds. The van der Waals surface area contributed by atoms with Gasteiger partial charge < -0.3 is 15.9 Å². The maximum atomic E-state index is 12.9. The number of benzene rings is 1. The molecule has 0 aliphatic rings. The van der Waals surface area contributed by atoms with Crippen LogP contribution in [0.5, 0.6) is 5.75 Å². The molecule has 0 aliphatic carbocycles. The number of nitrogens with two attached hydrogens (primary N) is 1. The Hall–Kier alpha value is -1.69. The first kappa shape index (κ1) is 12.4. The Morgan fingerprint density at radius 1 is 1.44 bits per heavy atom. The van der Waals surface area contributed by atoms with Crippen molar-refractivity contribution in [1.82, 2.24) is 0 Å². The molecule has 0 fully saturated rings. The molecule has 0 heterocycles. The van der Waals surface area contributed by atoms with E-state index in [0.717, 1.165) is 12.1 Å². The zero-order valence-corrected chi connectivity index (χ0v) is 8.50. The molecule has 0 aliphatic heterocycles. The molecule has 88 valence electrons. The van der Waals surface area contributed by atoms with Crippen LogP contribution in [0.25, 0.3) is 0 Å². The number of aromatic hydroxyl groups is 1. The summed E-state index contributed by atoms with van der Waals surface area (Å²) < 4.78 is 25.9. The first-order valence-corrected chi connectivity index (χ1v) is 4.43. The molecule has 4 nitrogen and oxygen atoms in total. The van der Waals surface area contributed by atoms with E-state index in [2.05, 4.69) is 0 Å². The summed E-state index contributed by atoms with van der Waals surface area (Å²) in [5.74, 6) is -4.65. The van der Waals surface area contributed by atoms with Gasteiger partial charge >= 0.3 is 5.97 Å². The Kier molecular flexibility index (Phi) is 3.14. The lowest BCUT2D eigenvalue weighted by Gasteiger charge is -2.19. The van der Waals surface area contributed by atoms with Gasteiger partial charge in [-0.1, -0.05) is 0 Å². The highest BCUT2D eigenvalue weighted by Gasteiger charge is 2.28. The van der Waals surface area contributed by atoms with Crippen molar-refractivity contribution in [2.45, 2.75) is 18.9 Å². The standard InChI is InChI=1S/C10H11F2NO3/c1-10(13,9(15)16)4-5-2-6(11)8(14)7(12)3-5/h2-3,14H,4,13H2,1H3,(H,15,16)/t10-/m0/s1. The third-order valence-electron chi connectivity index (χ3n) is 2.14. The van der Waals surface area contributed by atoms with Gasteiger partial charge in [0.15, 0.2) is 17.4 Å². The molecule has 0 unspecified atom stereocenters. The number of carbonyl (C=O) groups is 1. The topological polar surface area (TPSA) is 83.5 Å². The molecular formula is C10H11F2NO3. The third kappa shape index (κ3) is 2.46. The Bertz CT molecular complexity index is 409. The van der Waals surface area contributed by atoms with Gasteiger partial charge in [-0.25, -0.2) is 8.78 Å². The van der Waals surface area contributed by atoms with E-state index in [9.17, 15) is 13.6 Å². The smallest absolute Gasteiger partial charge is 0.323 e. The Labute approximate surface area is 90.3 Å². The minimum absolute atomic E-state index is 0.0696. The molecule has 1 aromatic rings. The summed E-state index contributed by atoms with van der Waals surface area (Å²) in [4.78, 5) is 10.7. The molecule has 6 heteroatoms. The van der Waals surface area contributed by atoms with Gasteiger partial charge in [0, 0.05) is 6.42 Å². The summed E-state index contributed by atoms with van der Waals surface area (Å²) in [7, 11) is 0.